The van der Waals surface area contributed by atoms with Crippen molar-refractivity contribution in [3.05, 3.63) is 47.0 Å². The van der Waals surface area contributed by atoms with Crippen LogP contribution in [-0.4, -0.2) is 62.9 Å². The van der Waals surface area contributed by atoms with Gasteiger partial charge in [-0.2, -0.15) is 0 Å². The number of ether oxygens (including phenoxy) is 5. The Balaban J connectivity index is 1.20. The Morgan fingerprint density at radius 3 is 2.85 bits per heavy atom. The molecule has 4 heterocycles. The number of phenols is 1. The summed E-state index contributed by atoms with van der Waals surface area (Å²) in [7, 11) is 2.43. The van der Waals surface area contributed by atoms with Crippen molar-refractivity contribution in [2.45, 2.75) is 56.0 Å². The molecule has 3 fully saturated rings. The van der Waals surface area contributed by atoms with Crippen molar-refractivity contribution in [3.8, 4) is 34.5 Å². The number of nitrogens with one attached hydrogen (secondary N) is 1. The highest BCUT2D eigenvalue weighted by molar-refractivity contribution is 8.16. The van der Waals surface area contributed by atoms with E-state index < -0.39 is 35.2 Å². The van der Waals surface area contributed by atoms with Crippen molar-refractivity contribution in [3.63, 3.8) is 0 Å². The Labute approximate surface area is 242 Å². The maximum atomic E-state index is 14.1. The largest absolute Gasteiger partial charge is 0.504 e. The van der Waals surface area contributed by atoms with Gasteiger partial charge in [-0.25, -0.2) is 4.79 Å². The smallest absolute Gasteiger partial charge is 0.334 e. The highest BCUT2D eigenvalue weighted by Gasteiger charge is 2.76. The predicted molar refractivity (Wildman–Crippen MR) is 148 cm³/mol. The molecule has 5 atom stereocenters. The second kappa shape index (κ2) is 8.90. The number of benzene rings is 2. The van der Waals surface area contributed by atoms with Crippen molar-refractivity contribution in [2.24, 2.45) is 0 Å². The first-order valence-corrected chi connectivity index (χ1v) is 14.0. The number of esters is 1. The van der Waals surface area contributed by atoms with Crippen molar-refractivity contribution < 1.29 is 42.6 Å². The van der Waals surface area contributed by atoms with Crippen LogP contribution < -0.4 is 28.4 Å². The van der Waals surface area contributed by atoms with E-state index in [2.05, 4.69) is 11.9 Å². The van der Waals surface area contributed by atoms with Gasteiger partial charge in [-0.05, 0) is 51.2 Å². The monoisotopic (exact) mass is 581 g/mol. The Hall–Kier alpha value is -3.71. The topological polar surface area (TPSA) is 125 Å². The standard InChI is InChI=1S/C28H28BN2O9S/c1-5-6-36-20-12(2)21-23(38-11-37-21)18-15-10-28(19(18)20)24(26(34)39-28)31(15)25(33)14-9-27(3,30-14)13-7-16(32)22(35-4)17(8-13)40-41-29/h5,7-8,14-15,24,29-30,32H,1,6,9-11H2,2-4H3/t14-,15+,24+,27?,28-/m0/s1/i29T. The van der Waals surface area contributed by atoms with Gasteiger partial charge in [0.2, 0.25) is 25.5 Å². The molecule has 1 unspecified atom stereocenters. The maximum absolute atomic E-state index is 14.1. The number of hydrogen-bond donors (Lipinski definition) is 2. The molecule has 5 aliphatic rings. The minimum absolute atomic E-state index is 0.0473. The van der Waals surface area contributed by atoms with E-state index in [9.17, 15) is 14.7 Å². The first kappa shape index (κ1) is 25.0. The lowest BCUT2D eigenvalue weighted by molar-refractivity contribution is -0.209. The molecule has 2 aromatic carbocycles. The fraction of sp³-hybridized carbons (Fsp3) is 0.429. The van der Waals surface area contributed by atoms with Gasteiger partial charge >= 0.3 is 5.97 Å². The number of phenolic OH excluding ortho intramolecular Hbond substituents is 1. The number of amides is 1. The Morgan fingerprint density at radius 2 is 2.15 bits per heavy atom. The highest BCUT2D eigenvalue weighted by Crippen LogP contribution is 2.69. The van der Waals surface area contributed by atoms with E-state index in [0.717, 1.165) is 35.7 Å². The average Bonchev–Trinajstić information content (AvgIpc) is 3.63. The van der Waals surface area contributed by atoms with Crippen LogP contribution in [0.2, 0.25) is 0 Å². The first-order chi connectivity index (χ1) is 20.2. The van der Waals surface area contributed by atoms with E-state index in [1.807, 2.05) is 13.8 Å². The van der Waals surface area contributed by atoms with Crippen molar-refractivity contribution in [1.29, 1.82) is 1.34 Å². The van der Waals surface area contributed by atoms with E-state index in [1.165, 1.54) is 7.11 Å². The molecule has 2 bridgehead atoms. The number of methoxy groups -OCH3 is 1. The summed E-state index contributed by atoms with van der Waals surface area (Å²) in [6, 6.07) is 1.46. The van der Waals surface area contributed by atoms with Crippen LogP contribution in [0.5, 0.6) is 34.5 Å². The van der Waals surface area contributed by atoms with E-state index in [-0.39, 0.29) is 36.6 Å². The van der Waals surface area contributed by atoms with Crippen LogP contribution in [0.1, 0.15) is 48.1 Å². The number of nitrogens with zero attached hydrogens (tertiary/aromatic N) is 1. The minimum atomic E-state index is -1.01. The summed E-state index contributed by atoms with van der Waals surface area (Å²) < 4.78 is 41.7. The van der Waals surface area contributed by atoms with Gasteiger partial charge in [0.1, 0.15) is 12.4 Å². The highest BCUT2D eigenvalue weighted by atomic mass is 32.2. The van der Waals surface area contributed by atoms with Crippen molar-refractivity contribution in [1.82, 2.24) is 10.2 Å². The number of carbonyl (C=O) groups is 2. The van der Waals surface area contributed by atoms with Gasteiger partial charge in [-0.1, -0.05) is 12.7 Å². The third kappa shape index (κ3) is 3.33. The summed E-state index contributed by atoms with van der Waals surface area (Å²) in [4.78, 5) is 28.7. The van der Waals surface area contributed by atoms with Gasteiger partial charge in [-0.3, -0.25) is 10.1 Å². The van der Waals surface area contributed by atoms with Crippen LogP contribution in [0.4, 0.5) is 0 Å². The normalized spacial score (nSPS) is 29.8. The van der Waals surface area contributed by atoms with E-state index in [4.69, 9.17) is 29.2 Å². The van der Waals surface area contributed by atoms with Crippen LogP contribution in [0.15, 0.2) is 24.8 Å². The zero-order chi connectivity index (χ0) is 29.6. The van der Waals surface area contributed by atoms with Crippen molar-refractivity contribution in [2.75, 3.05) is 20.5 Å². The third-order valence-electron chi connectivity index (χ3n) is 8.87. The molecule has 3 saturated heterocycles. The van der Waals surface area contributed by atoms with E-state index in [0.29, 0.717) is 35.7 Å². The summed E-state index contributed by atoms with van der Waals surface area (Å²) in [5, 5.41) is 13.9. The summed E-state index contributed by atoms with van der Waals surface area (Å²) in [5.74, 6) is 1.32. The fourth-order valence-electron chi connectivity index (χ4n) is 7.16. The van der Waals surface area contributed by atoms with Crippen LogP contribution >= 0.6 is 11.9 Å². The van der Waals surface area contributed by atoms with Gasteiger partial charge in [0.15, 0.2) is 34.6 Å². The summed E-state index contributed by atoms with van der Waals surface area (Å²) >= 11 is 0.781. The fourth-order valence-corrected chi connectivity index (χ4v) is 7.39. The SMILES string of the molecule is [3H][B]SOc1cc(C2(C)C[C@@H](C(=O)N3[C@@H]4C[C@]5(OC(=O)[C@@H]35)c3c(OCC=C)c(C)c5c(c34)OCO5)N2)cc(O)c1OC. The summed E-state index contributed by atoms with van der Waals surface area (Å²) in [5.41, 5.74) is 1.26. The third-order valence-corrected chi connectivity index (χ3v) is 9.14. The Bertz CT molecular complexity index is 1550. The van der Waals surface area contributed by atoms with Crippen LogP contribution in [0, 0.1) is 6.92 Å². The van der Waals surface area contributed by atoms with Crippen molar-refractivity contribution >= 4 is 30.9 Å². The van der Waals surface area contributed by atoms with Gasteiger partial charge in [-0.15, -0.1) is 0 Å². The molecule has 0 saturated carbocycles. The molecule has 1 spiro atoms. The lowest BCUT2D eigenvalue weighted by Crippen LogP contribution is -2.70. The Kier molecular flexibility index (Phi) is 5.43. The second-order valence-corrected chi connectivity index (χ2v) is 11.4. The molecule has 1 radical (unpaired) electrons. The number of likely N-dealkylation sites (tertiary alicyclic amines) is 1. The molecule has 7 rings (SSSR count). The second-order valence-electron chi connectivity index (χ2n) is 11.0. The van der Waals surface area contributed by atoms with Gasteiger partial charge in [0.05, 0.1) is 19.2 Å². The minimum Gasteiger partial charge on any atom is -0.504 e. The molecule has 4 aliphatic heterocycles. The lowest BCUT2D eigenvalue weighted by Gasteiger charge is -2.52. The molecule has 2 aromatic rings. The lowest BCUT2D eigenvalue weighted by atomic mass is 9.76. The average molecular weight is 581 g/mol. The van der Waals surface area contributed by atoms with Gasteiger partial charge < -0.3 is 37.9 Å². The molecule has 41 heavy (non-hydrogen) atoms. The molecule has 13 heteroatoms. The molecule has 213 valence electrons. The van der Waals surface area contributed by atoms with Gasteiger partial charge in [0, 0.05) is 28.7 Å². The molecule has 1 amide bonds. The number of hydrogen-bond acceptors (Lipinski definition) is 11. The zero-order valence-electron chi connectivity index (χ0n) is 23.6. The van der Waals surface area contributed by atoms with Crippen LogP contribution in [0.25, 0.3) is 0 Å². The predicted octanol–water partition coefficient (Wildman–Crippen LogP) is 2.53. The quantitative estimate of drug-likeness (QED) is 0.197. The summed E-state index contributed by atoms with van der Waals surface area (Å²) in [6.45, 7) is 7.85. The number of rotatable bonds is 9. The number of fused-ring (bicyclic) bond motifs is 5. The molecule has 0 aromatic heterocycles. The summed E-state index contributed by atoms with van der Waals surface area (Å²) in [6.07, 6.45) is 2.46. The number of carbonyl (C=O) groups excluding carboxylic acids is 2. The van der Waals surface area contributed by atoms with E-state index in [1.54, 1.807) is 23.1 Å². The molecular formula is C28H28BN2O9S. The molecule has 1 aliphatic carbocycles. The maximum Gasteiger partial charge on any atom is 0.334 e. The van der Waals surface area contributed by atoms with E-state index >= 15 is 0 Å². The first-order valence-electron chi connectivity index (χ1n) is 13.7. The zero-order valence-corrected chi connectivity index (χ0v) is 23.5. The molecule has 11 nitrogen and oxygen atoms in total. The Morgan fingerprint density at radius 1 is 1.37 bits per heavy atom. The van der Waals surface area contributed by atoms with Crippen LogP contribution in [-0.2, 0) is 25.5 Å². The van der Waals surface area contributed by atoms with Gasteiger partial charge in [0.25, 0.3) is 0 Å². The number of aromatic hydroxyl groups is 1. The van der Waals surface area contributed by atoms with Crippen LogP contribution in [0.3, 0.4) is 0 Å². The molecular weight excluding hydrogens is 551 g/mol. The molecule has 2 N–H and O–H groups in total.